The molecule has 3 aromatic rings. The Hall–Kier alpha value is -8.37. The van der Waals surface area contributed by atoms with E-state index < -0.39 is 94.5 Å². The Morgan fingerprint density at radius 3 is 1.99 bits per heavy atom. The average Bonchev–Trinajstić information content (AvgIpc) is 3.60. The summed E-state index contributed by atoms with van der Waals surface area (Å²) in [6.07, 6.45) is 0.0393. The number of primary amides is 1. The first-order valence-corrected chi connectivity index (χ1v) is 21.8. The highest BCUT2D eigenvalue weighted by molar-refractivity contribution is 6.29. The smallest absolute Gasteiger partial charge is 0.459 e. The standard InChI is InChI=1S/C47H56N8O15/c1-27(2)39(52-40(59)29-13-20-34(54-36(56)21-22-37(54)57)35(24-29)53(44(63)70-47(6,7)8)25-38(58)69-46(3,4)5)42(61)51-33(10-9-23-49-43(48)62)41(60)50-30-14-11-28(12-15-30)26-67-45(64)68-32-18-16-31(17-19-32)55(65)66/h11-22,24,27,33,39H,9-10,23,25-26H2,1-8H3,(H,50,60)(H,51,61)(H,52,59)(H3,48,49,62)/t33-,39-/m0/s1. The van der Waals surface area contributed by atoms with Gasteiger partial charge in [0.2, 0.25) is 11.8 Å². The van der Waals surface area contributed by atoms with E-state index in [1.165, 1.54) is 36.4 Å². The third kappa shape index (κ3) is 16.4. The minimum atomic E-state index is -1.30. The van der Waals surface area contributed by atoms with Gasteiger partial charge in [0.1, 0.15) is 42.2 Å². The number of non-ortho nitro benzene ring substituents is 1. The Labute approximate surface area is 402 Å². The molecule has 0 fully saturated rings. The summed E-state index contributed by atoms with van der Waals surface area (Å²) < 4.78 is 21.2. The van der Waals surface area contributed by atoms with E-state index in [2.05, 4.69) is 21.3 Å². The second kappa shape index (κ2) is 23.6. The van der Waals surface area contributed by atoms with Crippen molar-refractivity contribution in [1.29, 1.82) is 0 Å². The quantitative estimate of drug-likeness (QED) is 0.0197. The number of carbonyl (C=O) groups is 9. The van der Waals surface area contributed by atoms with Crippen LogP contribution in [0.15, 0.2) is 78.9 Å². The molecule has 0 radical (unpaired) electrons. The van der Waals surface area contributed by atoms with Gasteiger partial charge in [0.25, 0.3) is 23.4 Å². The predicted octanol–water partition coefficient (Wildman–Crippen LogP) is 5.15. The number of nitro groups is 1. The van der Waals surface area contributed by atoms with Crippen LogP contribution in [0.1, 0.15) is 84.2 Å². The summed E-state index contributed by atoms with van der Waals surface area (Å²) in [5.41, 5.74) is 3.11. The van der Waals surface area contributed by atoms with Gasteiger partial charge in [-0.15, -0.1) is 0 Å². The summed E-state index contributed by atoms with van der Waals surface area (Å²) in [5.74, 6) is -5.32. The first-order chi connectivity index (χ1) is 32.7. The number of hydrogen-bond acceptors (Lipinski definition) is 15. The Morgan fingerprint density at radius 2 is 1.43 bits per heavy atom. The first kappa shape index (κ1) is 54.2. The van der Waals surface area contributed by atoms with Crippen molar-refractivity contribution in [1.82, 2.24) is 16.0 Å². The fraction of sp³-hybridized carbons (Fsp3) is 0.383. The van der Waals surface area contributed by atoms with E-state index in [0.29, 0.717) is 5.56 Å². The number of carbonyl (C=O) groups excluding carboxylic acids is 9. The number of nitrogens with zero attached hydrogens (tertiary/aromatic N) is 3. The molecule has 2 atom stereocenters. The molecule has 0 aliphatic carbocycles. The molecule has 0 bridgehead atoms. The monoisotopic (exact) mass is 972 g/mol. The van der Waals surface area contributed by atoms with Crippen LogP contribution < -0.4 is 41.5 Å². The normalized spacial score (nSPS) is 13.1. The third-order valence-electron chi connectivity index (χ3n) is 9.56. The van der Waals surface area contributed by atoms with Crippen LogP contribution in [0.2, 0.25) is 0 Å². The zero-order valence-corrected chi connectivity index (χ0v) is 39.8. The molecule has 6 N–H and O–H groups in total. The SMILES string of the molecule is CC(C)[C@H](NC(=O)c1ccc(N2C(=O)C=CC2=O)c(N(CC(=O)OC(C)(C)C)C(=O)OC(C)(C)C)c1)C(=O)N[C@@H](CCCNC(N)=O)C(=O)Nc1ccc(COC(=O)Oc2ccc([N+](=O)[O-])cc2)cc1. The van der Waals surface area contributed by atoms with E-state index in [9.17, 15) is 53.3 Å². The van der Waals surface area contributed by atoms with Gasteiger partial charge < -0.3 is 45.9 Å². The summed E-state index contributed by atoms with van der Waals surface area (Å²) in [6, 6.07) is 11.2. The molecule has 8 amide bonds. The maximum Gasteiger partial charge on any atom is 0.514 e. The fourth-order valence-electron chi connectivity index (χ4n) is 6.40. The predicted molar refractivity (Wildman–Crippen MR) is 251 cm³/mol. The van der Waals surface area contributed by atoms with E-state index in [1.54, 1.807) is 67.5 Å². The van der Waals surface area contributed by atoms with Crippen molar-refractivity contribution in [2.24, 2.45) is 11.7 Å². The van der Waals surface area contributed by atoms with E-state index in [4.69, 9.17) is 24.7 Å². The number of ether oxygens (including phenoxy) is 4. The number of hydrogen-bond donors (Lipinski definition) is 5. The van der Waals surface area contributed by atoms with Gasteiger partial charge in [0, 0.05) is 42.1 Å². The lowest BCUT2D eigenvalue weighted by Gasteiger charge is -2.31. The molecule has 0 aromatic heterocycles. The van der Waals surface area contributed by atoms with Crippen LogP contribution in [0, 0.1) is 16.0 Å². The molecule has 374 valence electrons. The third-order valence-corrected chi connectivity index (χ3v) is 9.56. The molecule has 0 saturated carbocycles. The van der Waals surface area contributed by atoms with E-state index in [-0.39, 0.29) is 60.1 Å². The van der Waals surface area contributed by atoms with Gasteiger partial charge in [-0.05, 0) is 108 Å². The van der Waals surface area contributed by atoms with Gasteiger partial charge in [-0.3, -0.25) is 43.8 Å². The van der Waals surface area contributed by atoms with Crippen molar-refractivity contribution in [2.45, 2.75) is 98.1 Å². The Bertz CT molecular complexity index is 2490. The summed E-state index contributed by atoms with van der Waals surface area (Å²) in [4.78, 5) is 130. The lowest BCUT2D eigenvalue weighted by Crippen LogP contribution is -2.54. The van der Waals surface area contributed by atoms with Crippen molar-refractivity contribution in [2.75, 3.05) is 28.2 Å². The minimum absolute atomic E-state index is 0.00875. The average molecular weight is 973 g/mol. The lowest BCUT2D eigenvalue weighted by atomic mass is 10.0. The van der Waals surface area contributed by atoms with Crippen molar-refractivity contribution >= 4 is 76.5 Å². The number of esters is 1. The topological polar surface area (TPSA) is 314 Å². The van der Waals surface area contributed by atoms with Crippen LogP contribution in [-0.2, 0) is 44.8 Å². The largest absolute Gasteiger partial charge is 0.514 e. The van der Waals surface area contributed by atoms with Gasteiger partial charge in [-0.25, -0.2) is 19.3 Å². The number of benzene rings is 3. The highest BCUT2D eigenvalue weighted by Gasteiger charge is 2.36. The Balaban J connectivity index is 1.55. The van der Waals surface area contributed by atoms with Crippen molar-refractivity contribution in [3.05, 3.63) is 100 Å². The van der Waals surface area contributed by atoms with Crippen molar-refractivity contribution in [3.8, 4) is 5.75 Å². The molecule has 1 aliphatic heterocycles. The summed E-state index contributed by atoms with van der Waals surface area (Å²) in [6.45, 7) is 11.9. The summed E-state index contributed by atoms with van der Waals surface area (Å²) >= 11 is 0. The maximum atomic E-state index is 14.1. The van der Waals surface area contributed by atoms with Gasteiger partial charge >= 0.3 is 24.2 Å². The Morgan fingerprint density at radius 1 is 0.814 bits per heavy atom. The van der Waals surface area contributed by atoms with Gasteiger partial charge in [-0.1, -0.05) is 26.0 Å². The van der Waals surface area contributed by atoms with E-state index in [0.717, 1.165) is 40.2 Å². The molecular formula is C47H56N8O15. The molecule has 1 aliphatic rings. The molecule has 23 nitrogen and oxygen atoms in total. The number of rotatable bonds is 19. The second-order valence-corrected chi connectivity index (χ2v) is 18.0. The number of nitro benzene ring substituents is 1. The zero-order valence-electron chi connectivity index (χ0n) is 39.8. The number of imide groups is 1. The van der Waals surface area contributed by atoms with Crippen LogP contribution in [0.5, 0.6) is 5.75 Å². The molecule has 1 heterocycles. The molecule has 0 spiro atoms. The molecule has 0 saturated heterocycles. The second-order valence-electron chi connectivity index (χ2n) is 18.0. The van der Waals surface area contributed by atoms with Gasteiger partial charge in [0.05, 0.1) is 16.3 Å². The first-order valence-electron chi connectivity index (χ1n) is 21.8. The number of nitrogens with two attached hydrogens (primary N) is 1. The number of anilines is 3. The molecule has 23 heteroatoms. The van der Waals surface area contributed by atoms with Crippen molar-refractivity contribution in [3.63, 3.8) is 0 Å². The molecule has 3 aromatic carbocycles. The fourth-order valence-corrected chi connectivity index (χ4v) is 6.40. The van der Waals surface area contributed by atoms with Gasteiger partial charge in [-0.2, -0.15) is 0 Å². The van der Waals surface area contributed by atoms with E-state index in [1.807, 2.05) is 0 Å². The molecular weight excluding hydrogens is 917 g/mol. The highest BCUT2D eigenvalue weighted by Crippen LogP contribution is 2.34. The van der Waals surface area contributed by atoms with Crippen molar-refractivity contribution < 1.29 is 67.0 Å². The van der Waals surface area contributed by atoms with Crippen LogP contribution >= 0.6 is 0 Å². The molecule has 0 unspecified atom stereocenters. The van der Waals surface area contributed by atoms with Crippen LogP contribution in [-0.4, -0.2) is 95.1 Å². The maximum absolute atomic E-state index is 14.1. The van der Waals surface area contributed by atoms with Crippen LogP contribution in [0.25, 0.3) is 0 Å². The minimum Gasteiger partial charge on any atom is -0.459 e. The van der Waals surface area contributed by atoms with Crippen LogP contribution in [0.4, 0.5) is 37.1 Å². The van der Waals surface area contributed by atoms with Crippen LogP contribution in [0.3, 0.4) is 0 Å². The molecule has 70 heavy (non-hydrogen) atoms. The van der Waals surface area contributed by atoms with E-state index >= 15 is 0 Å². The summed E-state index contributed by atoms with van der Waals surface area (Å²) in [5, 5.41) is 21.3. The van der Waals surface area contributed by atoms with Gasteiger partial charge in [0.15, 0.2) is 0 Å². The highest BCUT2D eigenvalue weighted by atomic mass is 16.7. The number of nitrogens with one attached hydrogen (secondary N) is 4. The number of urea groups is 1. The zero-order chi connectivity index (χ0) is 52.1. The molecule has 4 rings (SSSR count). The Kier molecular flexibility index (Phi) is 18.3. The lowest BCUT2D eigenvalue weighted by molar-refractivity contribution is -0.384. The summed E-state index contributed by atoms with van der Waals surface area (Å²) in [7, 11) is 0. The number of amides is 8.